The standard InChI is InChI=1S/C14H19N3O7/c1-14(2,3)24-13(22)15-8-6-16-5-7(12(21)23-4)9(11(19)20)17(16)10(8)18/h8H,5-6H2,1-4H3,(H,15,22)(H,19,20)/t8-/m1/s1. The predicted octanol–water partition coefficient (Wildman–Crippen LogP) is -0.536. The Morgan fingerprint density at radius 1 is 1.29 bits per heavy atom. The summed E-state index contributed by atoms with van der Waals surface area (Å²) in [4.78, 5) is 47.3. The molecule has 0 spiro atoms. The molecule has 0 saturated carbocycles. The lowest BCUT2D eigenvalue weighted by Gasteiger charge is -2.21. The zero-order valence-electron chi connectivity index (χ0n) is 13.8. The first kappa shape index (κ1) is 17.7. The number of carboxylic acid groups (broad SMARTS) is 1. The van der Waals surface area contributed by atoms with Crippen LogP contribution in [0.5, 0.6) is 0 Å². The molecule has 0 unspecified atom stereocenters. The van der Waals surface area contributed by atoms with Crippen molar-refractivity contribution in [2.45, 2.75) is 32.4 Å². The summed E-state index contributed by atoms with van der Waals surface area (Å²) in [6, 6.07) is -0.964. The second kappa shape index (κ2) is 6.11. The summed E-state index contributed by atoms with van der Waals surface area (Å²) in [5, 5.41) is 14.0. The van der Waals surface area contributed by atoms with Crippen LogP contribution in [0, 0.1) is 0 Å². The van der Waals surface area contributed by atoms with E-state index in [1.165, 1.54) is 5.01 Å². The molecular weight excluding hydrogens is 322 g/mol. The Labute approximate surface area is 137 Å². The number of amides is 2. The van der Waals surface area contributed by atoms with Crippen LogP contribution in [0.2, 0.25) is 0 Å². The summed E-state index contributed by atoms with van der Waals surface area (Å²) in [5.41, 5.74) is -1.30. The third kappa shape index (κ3) is 3.32. The van der Waals surface area contributed by atoms with E-state index >= 15 is 0 Å². The molecule has 2 aliphatic rings. The van der Waals surface area contributed by atoms with Crippen LogP contribution in [0.3, 0.4) is 0 Å². The fourth-order valence-electron chi connectivity index (χ4n) is 2.49. The van der Waals surface area contributed by atoms with Crippen LogP contribution in [-0.4, -0.2) is 70.9 Å². The van der Waals surface area contributed by atoms with Crippen molar-refractivity contribution in [3.8, 4) is 0 Å². The number of rotatable bonds is 3. The normalized spacial score (nSPS) is 20.9. The number of nitrogens with one attached hydrogen (secondary N) is 1. The largest absolute Gasteiger partial charge is 0.477 e. The monoisotopic (exact) mass is 341 g/mol. The van der Waals surface area contributed by atoms with E-state index in [-0.39, 0.29) is 18.7 Å². The highest BCUT2D eigenvalue weighted by atomic mass is 16.6. The van der Waals surface area contributed by atoms with Crippen molar-refractivity contribution in [3.63, 3.8) is 0 Å². The fourth-order valence-corrected chi connectivity index (χ4v) is 2.49. The van der Waals surface area contributed by atoms with E-state index in [0.717, 1.165) is 12.1 Å². The van der Waals surface area contributed by atoms with Crippen molar-refractivity contribution in [1.29, 1.82) is 0 Å². The zero-order chi connectivity index (χ0) is 18.2. The van der Waals surface area contributed by atoms with E-state index < -0.39 is 41.3 Å². The van der Waals surface area contributed by atoms with Gasteiger partial charge in [-0.05, 0) is 20.8 Å². The summed E-state index contributed by atoms with van der Waals surface area (Å²) in [5.74, 6) is -2.90. The molecule has 0 aliphatic carbocycles. The maximum Gasteiger partial charge on any atom is 0.408 e. The van der Waals surface area contributed by atoms with Crippen LogP contribution in [0.1, 0.15) is 20.8 Å². The summed E-state index contributed by atoms with van der Waals surface area (Å²) in [6.45, 7) is 4.97. The molecule has 2 N–H and O–H groups in total. The lowest BCUT2D eigenvalue weighted by molar-refractivity contribution is -0.143. The number of hydrazine groups is 1. The lowest BCUT2D eigenvalue weighted by atomic mass is 10.2. The van der Waals surface area contributed by atoms with E-state index in [2.05, 4.69) is 10.1 Å². The van der Waals surface area contributed by atoms with E-state index in [0.29, 0.717) is 0 Å². The fraction of sp³-hybridized carbons (Fsp3) is 0.571. The second-order valence-corrected chi connectivity index (χ2v) is 6.32. The van der Waals surface area contributed by atoms with Crippen molar-refractivity contribution >= 4 is 23.9 Å². The zero-order valence-corrected chi connectivity index (χ0v) is 13.8. The van der Waals surface area contributed by atoms with Crippen molar-refractivity contribution in [1.82, 2.24) is 15.3 Å². The lowest BCUT2D eigenvalue weighted by Crippen LogP contribution is -2.45. The van der Waals surface area contributed by atoms with E-state index in [1.54, 1.807) is 20.8 Å². The number of alkyl carbamates (subject to hydrolysis) is 1. The number of carbonyl (C=O) groups is 4. The number of hydrogen-bond donors (Lipinski definition) is 2. The molecule has 24 heavy (non-hydrogen) atoms. The van der Waals surface area contributed by atoms with Gasteiger partial charge < -0.3 is 19.9 Å². The minimum Gasteiger partial charge on any atom is -0.477 e. The van der Waals surface area contributed by atoms with E-state index in [9.17, 15) is 24.3 Å². The van der Waals surface area contributed by atoms with E-state index in [1.807, 2.05) is 0 Å². The van der Waals surface area contributed by atoms with Gasteiger partial charge in [0.15, 0.2) is 5.70 Å². The Balaban J connectivity index is 2.17. The van der Waals surface area contributed by atoms with Gasteiger partial charge in [-0.2, -0.15) is 0 Å². The van der Waals surface area contributed by atoms with Gasteiger partial charge in [-0.15, -0.1) is 0 Å². The van der Waals surface area contributed by atoms with Crippen molar-refractivity contribution in [2.75, 3.05) is 20.2 Å². The molecule has 10 heteroatoms. The molecule has 1 fully saturated rings. The average molecular weight is 341 g/mol. The van der Waals surface area contributed by atoms with Gasteiger partial charge in [-0.25, -0.2) is 24.4 Å². The van der Waals surface area contributed by atoms with Gasteiger partial charge in [0.2, 0.25) is 0 Å². The number of carboxylic acids is 1. The highest BCUT2D eigenvalue weighted by Crippen LogP contribution is 2.30. The highest BCUT2D eigenvalue weighted by molar-refractivity contribution is 6.05. The first-order valence-corrected chi connectivity index (χ1v) is 7.18. The molecule has 0 aromatic rings. The molecular formula is C14H19N3O7. The minimum atomic E-state index is -1.43. The Kier molecular flexibility index (Phi) is 4.52. The van der Waals surface area contributed by atoms with Gasteiger partial charge in [0.05, 0.1) is 19.2 Å². The molecule has 0 aromatic heterocycles. The first-order chi connectivity index (χ1) is 11.0. The SMILES string of the molecule is COC(=O)C1=C(C(=O)O)N2C(=O)[C@H](NC(=O)OC(C)(C)C)CN2C1. The first-order valence-electron chi connectivity index (χ1n) is 7.18. The maximum atomic E-state index is 12.4. The maximum absolute atomic E-state index is 12.4. The molecule has 1 saturated heterocycles. The van der Waals surface area contributed by atoms with Crippen LogP contribution in [0.15, 0.2) is 11.3 Å². The molecule has 132 valence electrons. The van der Waals surface area contributed by atoms with Gasteiger partial charge in [-0.1, -0.05) is 0 Å². The number of carbonyl (C=O) groups excluding carboxylic acids is 3. The highest BCUT2D eigenvalue weighted by Gasteiger charge is 2.49. The number of hydrogen-bond acceptors (Lipinski definition) is 7. The Hall–Kier alpha value is -2.62. The number of nitrogens with zero attached hydrogens (tertiary/aromatic N) is 2. The smallest absolute Gasteiger partial charge is 0.408 e. The van der Waals surface area contributed by atoms with Crippen molar-refractivity contribution in [2.24, 2.45) is 0 Å². The molecule has 0 radical (unpaired) electrons. The van der Waals surface area contributed by atoms with Gasteiger partial charge in [0.1, 0.15) is 11.6 Å². The number of fused-ring (bicyclic) bond motifs is 1. The van der Waals surface area contributed by atoms with Crippen LogP contribution in [-0.2, 0) is 23.9 Å². The van der Waals surface area contributed by atoms with E-state index in [4.69, 9.17) is 4.74 Å². The molecule has 0 aromatic carbocycles. The molecule has 10 nitrogen and oxygen atoms in total. The van der Waals surface area contributed by atoms with Crippen LogP contribution >= 0.6 is 0 Å². The van der Waals surface area contributed by atoms with Gasteiger partial charge >= 0.3 is 18.0 Å². The molecule has 1 atom stereocenters. The number of aliphatic carboxylic acids is 1. The summed E-state index contributed by atoms with van der Waals surface area (Å²) in [7, 11) is 1.13. The quantitative estimate of drug-likeness (QED) is 0.656. The second-order valence-electron chi connectivity index (χ2n) is 6.32. The summed E-state index contributed by atoms with van der Waals surface area (Å²) < 4.78 is 9.63. The van der Waals surface area contributed by atoms with Gasteiger partial charge in [-0.3, -0.25) is 4.79 Å². The third-order valence-corrected chi connectivity index (χ3v) is 3.35. The molecule has 2 amide bonds. The Bertz CT molecular complexity index is 635. The van der Waals surface area contributed by atoms with Crippen LogP contribution in [0.25, 0.3) is 0 Å². The minimum absolute atomic E-state index is 0.0232. The van der Waals surface area contributed by atoms with Crippen molar-refractivity contribution < 1.29 is 33.8 Å². The Morgan fingerprint density at radius 3 is 2.42 bits per heavy atom. The third-order valence-electron chi connectivity index (χ3n) is 3.35. The molecule has 2 aliphatic heterocycles. The van der Waals surface area contributed by atoms with Crippen LogP contribution in [0.4, 0.5) is 4.79 Å². The summed E-state index contributed by atoms with van der Waals surface area (Å²) >= 11 is 0. The number of methoxy groups -OCH3 is 1. The Morgan fingerprint density at radius 2 is 1.92 bits per heavy atom. The number of esters is 1. The van der Waals surface area contributed by atoms with Crippen LogP contribution < -0.4 is 5.32 Å². The number of ether oxygens (including phenoxy) is 2. The molecule has 2 rings (SSSR count). The predicted molar refractivity (Wildman–Crippen MR) is 78.3 cm³/mol. The van der Waals surface area contributed by atoms with Crippen molar-refractivity contribution in [3.05, 3.63) is 11.3 Å². The molecule has 2 heterocycles. The molecule has 0 bridgehead atoms. The average Bonchev–Trinajstić information content (AvgIpc) is 2.94. The topological polar surface area (TPSA) is 125 Å². The van der Waals surface area contributed by atoms with Gasteiger partial charge in [0, 0.05) is 6.54 Å². The van der Waals surface area contributed by atoms with Gasteiger partial charge in [0.25, 0.3) is 5.91 Å². The summed E-state index contributed by atoms with van der Waals surface area (Å²) in [6.07, 6.45) is -0.780.